The van der Waals surface area contributed by atoms with Crippen molar-refractivity contribution in [3.05, 3.63) is 0 Å². The standard InChI is InChI=1S/C27H47N3O5/c1-10-16(3)17(14-31)30-20(22(33)29-25(7,8)15-24(4,5)6)27-13-12-26(11-2,35-27)18(21(32)28-9)19(27)23(30)34/h16-20,31H,10-15H2,1-9H3,(H,28,32)(H,29,33)/t16-,17-,18-,19-,20?,26+,27?/m0/s1. The van der Waals surface area contributed by atoms with Gasteiger partial charge in [0.2, 0.25) is 17.7 Å². The van der Waals surface area contributed by atoms with Gasteiger partial charge in [0.1, 0.15) is 11.6 Å². The Morgan fingerprint density at radius 3 is 2.29 bits per heavy atom. The first-order valence-corrected chi connectivity index (χ1v) is 13.3. The van der Waals surface area contributed by atoms with Crippen LogP contribution in [-0.4, -0.2) is 70.2 Å². The number of ether oxygens (including phenoxy) is 1. The smallest absolute Gasteiger partial charge is 0.246 e. The second kappa shape index (κ2) is 9.33. The van der Waals surface area contributed by atoms with Gasteiger partial charge in [-0.05, 0) is 50.9 Å². The molecule has 35 heavy (non-hydrogen) atoms. The van der Waals surface area contributed by atoms with Crippen LogP contribution in [0.25, 0.3) is 0 Å². The molecule has 3 amide bonds. The molecule has 2 unspecified atom stereocenters. The van der Waals surface area contributed by atoms with Gasteiger partial charge in [0, 0.05) is 12.6 Å². The summed E-state index contributed by atoms with van der Waals surface area (Å²) in [6.07, 6.45) is 3.25. The van der Waals surface area contributed by atoms with Crippen LogP contribution in [0.1, 0.15) is 87.5 Å². The van der Waals surface area contributed by atoms with Gasteiger partial charge in [-0.2, -0.15) is 0 Å². The number of carbonyl (C=O) groups is 3. The second-order valence-electron chi connectivity index (χ2n) is 12.9. The van der Waals surface area contributed by atoms with Gasteiger partial charge in [-0.15, -0.1) is 0 Å². The van der Waals surface area contributed by atoms with Crippen molar-refractivity contribution in [1.82, 2.24) is 15.5 Å². The number of fused-ring (bicyclic) bond motifs is 1. The molecule has 2 bridgehead atoms. The number of amides is 3. The molecular weight excluding hydrogens is 446 g/mol. The van der Waals surface area contributed by atoms with Crippen LogP contribution in [0.3, 0.4) is 0 Å². The third kappa shape index (κ3) is 4.50. The lowest BCUT2D eigenvalue weighted by atomic mass is 9.65. The van der Waals surface area contributed by atoms with Crippen LogP contribution in [-0.2, 0) is 19.1 Å². The van der Waals surface area contributed by atoms with Crippen LogP contribution >= 0.6 is 0 Å². The summed E-state index contributed by atoms with van der Waals surface area (Å²) in [6, 6.07) is -1.42. The highest BCUT2D eigenvalue weighted by atomic mass is 16.5. The van der Waals surface area contributed by atoms with Crippen molar-refractivity contribution >= 4 is 17.7 Å². The van der Waals surface area contributed by atoms with Crippen molar-refractivity contribution in [3.63, 3.8) is 0 Å². The zero-order chi connectivity index (χ0) is 26.6. The zero-order valence-electron chi connectivity index (χ0n) is 23.2. The molecule has 0 saturated carbocycles. The average molecular weight is 494 g/mol. The van der Waals surface area contributed by atoms with Crippen LogP contribution < -0.4 is 10.6 Å². The number of aliphatic hydroxyl groups is 1. The zero-order valence-corrected chi connectivity index (χ0v) is 23.2. The van der Waals surface area contributed by atoms with Gasteiger partial charge < -0.3 is 25.4 Å². The third-order valence-electron chi connectivity index (χ3n) is 8.68. The summed E-state index contributed by atoms with van der Waals surface area (Å²) < 4.78 is 6.75. The van der Waals surface area contributed by atoms with Crippen LogP contribution in [0.4, 0.5) is 0 Å². The molecule has 3 heterocycles. The molecule has 0 aromatic heterocycles. The van der Waals surface area contributed by atoms with Crippen molar-refractivity contribution in [2.45, 2.75) is 116 Å². The van der Waals surface area contributed by atoms with Crippen LogP contribution in [0, 0.1) is 23.2 Å². The maximum atomic E-state index is 14.2. The minimum absolute atomic E-state index is 0.00790. The summed E-state index contributed by atoms with van der Waals surface area (Å²) in [6.45, 7) is 16.1. The topological polar surface area (TPSA) is 108 Å². The van der Waals surface area contributed by atoms with E-state index >= 15 is 0 Å². The first-order chi connectivity index (χ1) is 16.1. The molecule has 0 aromatic carbocycles. The monoisotopic (exact) mass is 493 g/mol. The molecule has 7 atom stereocenters. The number of rotatable bonds is 9. The highest BCUT2D eigenvalue weighted by molar-refractivity contribution is 5.99. The molecule has 3 rings (SSSR count). The third-order valence-corrected chi connectivity index (χ3v) is 8.68. The Bertz CT molecular complexity index is 852. The number of hydrogen-bond acceptors (Lipinski definition) is 5. The predicted molar refractivity (Wildman–Crippen MR) is 134 cm³/mol. The van der Waals surface area contributed by atoms with Gasteiger partial charge in [0.15, 0.2) is 0 Å². The number of hydrogen-bond donors (Lipinski definition) is 3. The summed E-state index contributed by atoms with van der Waals surface area (Å²) in [5.41, 5.74) is -2.35. The lowest BCUT2D eigenvalue weighted by Gasteiger charge is -2.41. The van der Waals surface area contributed by atoms with Crippen molar-refractivity contribution in [3.8, 4) is 0 Å². The van der Waals surface area contributed by atoms with Gasteiger partial charge in [-0.1, -0.05) is 48.0 Å². The van der Waals surface area contributed by atoms with Gasteiger partial charge in [0.25, 0.3) is 0 Å². The van der Waals surface area contributed by atoms with E-state index in [4.69, 9.17) is 4.74 Å². The molecule has 3 N–H and O–H groups in total. The summed E-state index contributed by atoms with van der Waals surface area (Å²) in [7, 11) is 1.58. The Labute approximate surface area is 210 Å². The van der Waals surface area contributed by atoms with Crippen LogP contribution in [0.15, 0.2) is 0 Å². The van der Waals surface area contributed by atoms with E-state index in [9.17, 15) is 19.5 Å². The Hall–Kier alpha value is -1.67. The molecule has 0 radical (unpaired) electrons. The average Bonchev–Trinajstić information content (AvgIpc) is 3.35. The summed E-state index contributed by atoms with van der Waals surface area (Å²) in [5.74, 6) is -2.14. The molecule has 8 nitrogen and oxygen atoms in total. The molecule has 1 spiro atoms. The lowest BCUT2D eigenvalue weighted by Crippen LogP contribution is -2.62. The fourth-order valence-corrected chi connectivity index (χ4v) is 7.45. The van der Waals surface area contributed by atoms with Gasteiger partial charge in [0.05, 0.1) is 30.1 Å². The number of nitrogens with one attached hydrogen (secondary N) is 2. The number of nitrogens with zero attached hydrogens (tertiary/aromatic N) is 1. The molecular formula is C27H47N3O5. The Balaban J connectivity index is 2.12. The first kappa shape index (κ1) is 27.9. The molecule has 200 valence electrons. The van der Waals surface area contributed by atoms with Crippen molar-refractivity contribution in [2.75, 3.05) is 13.7 Å². The minimum Gasteiger partial charge on any atom is -0.394 e. The van der Waals surface area contributed by atoms with E-state index in [-0.39, 0.29) is 35.7 Å². The minimum atomic E-state index is -1.08. The molecule has 3 saturated heterocycles. The van der Waals surface area contributed by atoms with E-state index in [1.54, 1.807) is 11.9 Å². The normalized spacial score (nSPS) is 34.1. The van der Waals surface area contributed by atoms with E-state index in [0.29, 0.717) is 19.3 Å². The van der Waals surface area contributed by atoms with E-state index in [1.165, 1.54) is 0 Å². The highest BCUT2D eigenvalue weighted by Crippen LogP contribution is 2.64. The summed E-state index contributed by atoms with van der Waals surface area (Å²) in [4.78, 5) is 43.0. The first-order valence-electron chi connectivity index (χ1n) is 13.3. The van der Waals surface area contributed by atoms with Crippen LogP contribution in [0.5, 0.6) is 0 Å². The predicted octanol–water partition coefficient (Wildman–Crippen LogP) is 2.63. The molecule has 0 aromatic rings. The molecule has 3 aliphatic heterocycles. The molecule has 3 aliphatic rings. The number of likely N-dealkylation sites (tertiary alicyclic amines) is 1. The van der Waals surface area contributed by atoms with Gasteiger partial charge in [-0.3, -0.25) is 14.4 Å². The summed E-state index contributed by atoms with van der Waals surface area (Å²) in [5, 5.41) is 16.4. The maximum Gasteiger partial charge on any atom is 0.246 e. The second-order valence-corrected chi connectivity index (χ2v) is 12.9. The van der Waals surface area contributed by atoms with Crippen molar-refractivity contribution < 1.29 is 24.2 Å². The van der Waals surface area contributed by atoms with Crippen molar-refractivity contribution in [2.24, 2.45) is 23.2 Å². The highest BCUT2D eigenvalue weighted by Gasteiger charge is 2.79. The summed E-state index contributed by atoms with van der Waals surface area (Å²) >= 11 is 0. The Kier molecular flexibility index (Phi) is 7.44. The lowest BCUT2D eigenvalue weighted by molar-refractivity contribution is -0.153. The van der Waals surface area contributed by atoms with Crippen LogP contribution in [0.2, 0.25) is 0 Å². The quantitative estimate of drug-likeness (QED) is 0.458. The number of carbonyl (C=O) groups excluding carboxylic acids is 3. The number of aliphatic hydroxyl groups excluding tert-OH is 1. The van der Waals surface area contributed by atoms with Gasteiger partial charge >= 0.3 is 0 Å². The largest absolute Gasteiger partial charge is 0.394 e. The van der Waals surface area contributed by atoms with Crippen molar-refractivity contribution in [1.29, 1.82) is 0 Å². The molecule has 0 aliphatic carbocycles. The fraction of sp³-hybridized carbons (Fsp3) is 0.889. The van der Waals surface area contributed by atoms with E-state index < -0.39 is 40.7 Å². The maximum absolute atomic E-state index is 14.2. The molecule has 8 heteroatoms. The SMILES string of the molecule is CC[C@H](C)[C@H](CO)N1C(=O)[C@@H]2[C@@H](C(=O)NC)[C@@]3(CC)CCC2(O3)C1C(=O)NC(C)(C)CC(C)(C)C. The Morgan fingerprint density at radius 2 is 1.80 bits per heavy atom. The van der Waals surface area contributed by atoms with Gasteiger partial charge in [-0.25, -0.2) is 0 Å². The Morgan fingerprint density at radius 1 is 1.17 bits per heavy atom. The van der Waals surface area contributed by atoms with E-state index in [2.05, 4.69) is 31.4 Å². The fourth-order valence-electron chi connectivity index (χ4n) is 7.45. The van der Waals surface area contributed by atoms with E-state index in [1.807, 2.05) is 34.6 Å². The van der Waals surface area contributed by atoms with E-state index in [0.717, 1.165) is 12.8 Å². The molecule has 3 fully saturated rings.